The minimum Gasteiger partial charge on any atom is -0.793 e. The summed E-state index contributed by atoms with van der Waals surface area (Å²) in [6.45, 7) is 9.33. The Morgan fingerprint density at radius 3 is 2.00 bits per heavy atom. The van der Waals surface area contributed by atoms with Crippen molar-refractivity contribution in [2.75, 3.05) is 12.4 Å². The summed E-state index contributed by atoms with van der Waals surface area (Å²) in [5, 5.41) is 0. The largest absolute Gasteiger partial charge is 0.793 e. The fourth-order valence-corrected chi connectivity index (χ4v) is 5.69. The van der Waals surface area contributed by atoms with Crippen LogP contribution in [0.1, 0.15) is 79.1 Å². The van der Waals surface area contributed by atoms with E-state index in [1.807, 2.05) is 0 Å². The number of hydrogen-bond donors (Lipinski definition) is 0. The maximum absolute atomic E-state index is 12.2. The van der Waals surface area contributed by atoms with Crippen LogP contribution in [0.4, 0.5) is 0 Å². The first kappa shape index (κ1) is 25.8. The molecule has 22 heavy (non-hydrogen) atoms. The molecule has 3 atom stereocenters. The van der Waals surface area contributed by atoms with E-state index in [1.165, 1.54) is 56.3 Å². The van der Waals surface area contributed by atoms with Crippen LogP contribution in [-0.4, -0.2) is 12.4 Å². The van der Waals surface area contributed by atoms with Crippen LogP contribution < -0.4 is 4.89 Å². The molecule has 0 fully saturated rings. The Bertz CT molecular complexity index is 269. The molecule has 0 aromatic heterocycles. The molecule has 0 aliphatic rings. The third-order valence-electron chi connectivity index (χ3n) is 3.64. The van der Waals surface area contributed by atoms with E-state index in [4.69, 9.17) is 16.3 Å². The second-order valence-corrected chi connectivity index (χ2v) is 12.3. The normalized spacial score (nSPS) is 16.6. The number of hydrogen-bond acceptors (Lipinski definition) is 4. The van der Waals surface area contributed by atoms with Gasteiger partial charge in [0, 0.05) is 30.9 Å². The molecular weight excluding hydrogens is 385 g/mol. The monoisotopic (exact) mass is 417 g/mol. The fourth-order valence-electron chi connectivity index (χ4n) is 2.13. The Balaban J connectivity index is 0. The smallest absolute Gasteiger partial charge is 0.0539 e. The van der Waals surface area contributed by atoms with E-state index in [-0.39, 0.29) is 19.5 Å². The van der Waals surface area contributed by atoms with Crippen LogP contribution in [0.3, 0.4) is 0 Å². The maximum Gasteiger partial charge on any atom is 0.0539 e. The zero-order valence-electron chi connectivity index (χ0n) is 15.0. The second kappa shape index (κ2) is 16.0. The van der Waals surface area contributed by atoms with Crippen LogP contribution in [0.25, 0.3) is 0 Å². The van der Waals surface area contributed by atoms with Gasteiger partial charge in [-0.25, -0.2) is 0 Å². The topological polar surface area (TPSA) is 32.3 Å². The molecule has 0 aromatic carbocycles. The Hall–Kier alpha value is 1.54. The van der Waals surface area contributed by atoms with Crippen LogP contribution in [0, 0.1) is 11.8 Å². The Labute approximate surface area is 160 Å². The van der Waals surface area contributed by atoms with Gasteiger partial charge in [-0.1, -0.05) is 78.0 Å². The van der Waals surface area contributed by atoms with Crippen molar-refractivity contribution in [3.63, 3.8) is 0 Å². The van der Waals surface area contributed by atoms with Gasteiger partial charge in [0.05, 0.1) is 6.61 Å². The molecule has 0 N–H and O–H groups in total. The maximum atomic E-state index is 12.2. The standard InChI is InChI=1S/C16H35O2PS2.Zn/c1-5-7-9-11-15(3)13-18-19(17,20)21-14-16(4)12-10-8-6-2;/h15-16H,5-14H2,1-4H3,(H,17,20);/p-1. The van der Waals surface area contributed by atoms with E-state index < -0.39 is 5.69 Å². The molecule has 0 bridgehead atoms. The molecule has 6 heteroatoms. The van der Waals surface area contributed by atoms with Gasteiger partial charge in [-0.05, 0) is 24.7 Å². The van der Waals surface area contributed by atoms with Crippen LogP contribution >= 0.6 is 17.1 Å². The van der Waals surface area contributed by atoms with Crippen LogP contribution in [-0.2, 0) is 35.8 Å². The Morgan fingerprint density at radius 2 is 1.50 bits per heavy atom. The van der Waals surface area contributed by atoms with Crippen molar-refractivity contribution in [2.45, 2.75) is 79.1 Å². The van der Waals surface area contributed by atoms with Crippen molar-refractivity contribution in [1.82, 2.24) is 0 Å². The summed E-state index contributed by atoms with van der Waals surface area (Å²) < 4.78 is 5.53. The van der Waals surface area contributed by atoms with E-state index in [9.17, 15) is 4.89 Å². The summed E-state index contributed by atoms with van der Waals surface area (Å²) in [6.07, 6.45) is 9.86. The quantitative estimate of drug-likeness (QED) is 0.204. The molecule has 130 valence electrons. The number of unbranched alkanes of at least 4 members (excludes halogenated alkanes) is 4. The van der Waals surface area contributed by atoms with Gasteiger partial charge in [-0.2, -0.15) is 0 Å². The predicted molar refractivity (Wildman–Crippen MR) is 99.3 cm³/mol. The van der Waals surface area contributed by atoms with Gasteiger partial charge in [0.1, 0.15) is 0 Å². The van der Waals surface area contributed by atoms with Crippen molar-refractivity contribution >= 4 is 28.9 Å². The van der Waals surface area contributed by atoms with E-state index in [1.54, 1.807) is 0 Å². The van der Waals surface area contributed by atoms with E-state index in [0.29, 0.717) is 18.4 Å². The molecule has 3 unspecified atom stereocenters. The molecule has 0 radical (unpaired) electrons. The minimum atomic E-state index is -2.88. The Morgan fingerprint density at radius 1 is 1.00 bits per heavy atom. The van der Waals surface area contributed by atoms with Gasteiger partial charge < -0.3 is 9.42 Å². The Kier molecular flexibility index (Phi) is 18.8. The van der Waals surface area contributed by atoms with Crippen LogP contribution in [0.2, 0.25) is 0 Å². The zero-order chi connectivity index (χ0) is 16.1. The molecule has 0 aromatic rings. The molecule has 0 spiro atoms. The predicted octanol–water partition coefficient (Wildman–Crippen LogP) is 5.75. The van der Waals surface area contributed by atoms with Crippen molar-refractivity contribution in [1.29, 1.82) is 0 Å². The average molecular weight is 419 g/mol. The molecule has 0 aliphatic carbocycles. The van der Waals surface area contributed by atoms with Crippen molar-refractivity contribution in [3.8, 4) is 0 Å². The summed E-state index contributed by atoms with van der Waals surface area (Å²) in [4.78, 5) is 12.2. The van der Waals surface area contributed by atoms with Crippen LogP contribution in [0.5, 0.6) is 0 Å². The van der Waals surface area contributed by atoms with Crippen molar-refractivity contribution in [2.24, 2.45) is 11.8 Å². The van der Waals surface area contributed by atoms with Gasteiger partial charge in [-0.15, -0.1) is 11.4 Å². The molecule has 0 aliphatic heterocycles. The first-order valence-electron chi connectivity index (χ1n) is 8.51. The summed E-state index contributed by atoms with van der Waals surface area (Å²) in [5.74, 6) is 1.88. The molecule has 0 heterocycles. The van der Waals surface area contributed by atoms with E-state index >= 15 is 0 Å². The van der Waals surface area contributed by atoms with Gasteiger partial charge in [0.25, 0.3) is 0 Å². The third-order valence-corrected chi connectivity index (χ3v) is 8.11. The zero-order valence-corrected chi connectivity index (χ0v) is 20.5. The summed E-state index contributed by atoms with van der Waals surface area (Å²) in [7, 11) is 0. The fraction of sp³-hybridized carbons (Fsp3) is 1.00. The van der Waals surface area contributed by atoms with Gasteiger partial charge in [-0.3, -0.25) is 0 Å². The SMILES string of the molecule is CCCCCC(C)COP([O-])(=S)SCC(C)CCCCC.[Zn]. The van der Waals surface area contributed by atoms with Gasteiger partial charge in [0.2, 0.25) is 0 Å². The van der Waals surface area contributed by atoms with Crippen LogP contribution in [0.15, 0.2) is 0 Å². The van der Waals surface area contributed by atoms with Gasteiger partial charge >= 0.3 is 0 Å². The molecule has 0 amide bonds. The third kappa shape index (κ3) is 16.4. The second-order valence-electron chi connectivity index (χ2n) is 6.24. The first-order chi connectivity index (χ1) is 9.91. The molecule has 0 saturated carbocycles. The first-order valence-corrected chi connectivity index (χ1v) is 12.7. The summed E-state index contributed by atoms with van der Waals surface area (Å²) >= 11 is 6.51. The van der Waals surface area contributed by atoms with Crippen molar-refractivity contribution in [3.05, 3.63) is 0 Å². The molecule has 2 nitrogen and oxygen atoms in total. The van der Waals surface area contributed by atoms with E-state index in [0.717, 1.165) is 12.2 Å². The van der Waals surface area contributed by atoms with Gasteiger partial charge in [0.15, 0.2) is 0 Å². The minimum absolute atomic E-state index is 0. The molecule has 0 rings (SSSR count). The molecular formula is C16H34O2PS2Zn-. The summed E-state index contributed by atoms with van der Waals surface area (Å²) in [6, 6.07) is 0. The van der Waals surface area contributed by atoms with Crippen molar-refractivity contribution < 1.29 is 28.9 Å². The molecule has 0 saturated heterocycles. The summed E-state index contributed by atoms with van der Waals surface area (Å²) in [5.41, 5.74) is -2.88. The van der Waals surface area contributed by atoms with E-state index in [2.05, 4.69) is 27.7 Å². The number of rotatable bonds is 14. The average Bonchev–Trinajstić information content (AvgIpc) is 2.44.